The van der Waals surface area contributed by atoms with Gasteiger partial charge < -0.3 is 24.3 Å². The third-order valence-electron chi connectivity index (χ3n) is 5.35. The molecule has 1 atom stereocenters. The van der Waals surface area contributed by atoms with Crippen molar-refractivity contribution in [2.24, 2.45) is 0 Å². The number of aliphatic hydroxyl groups excluding tert-OH is 1. The molecule has 0 radical (unpaired) electrons. The molecule has 1 aromatic heterocycles. The van der Waals surface area contributed by atoms with Crippen LogP contribution in [0.3, 0.4) is 0 Å². The summed E-state index contributed by atoms with van der Waals surface area (Å²) in [5.41, 5.74) is 2.63. The molecule has 1 aliphatic heterocycles. The Labute approximate surface area is 173 Å². The normalized spacial score (nSPS) is 15.7. The van der Waals surface area contributed by atoms with Crippen molar-refractivity contribution < 1.29 is 24.2 Å². The number of hydrogen-bond acceptors (Lipinski definition) is 6. The lowest BCUT2D eigenvalue weighted by Crippen LogP contribution is -2.32. The topological polar surface area (TPSA) is 100 Å². The van der Waals surface area contributed by atoms with Crippen molar-refractivity contribution in [3.63, 3.8) is 0 Å². The second-order valence-electron chi connectivity index (χ2n) is 7.41. The molecule has 7 heteroatoms. The zero-order chi connectivity index (χ0) is 21.6. The first-order valence-corrected chi connectivity index (χ1v) is 9.82. The molecular formula is C23H23NO6. The molecule has 4 rings (SSSR count). The van der Waals surface area contributed by atoms with Crippen molar-refractivity contribution in [1.82, 2.24) is 4.90 Å². The quantitative estimate of drug-likeness (QED) is 0.672. The molecule has 30 heavy (non-hydrogen) atoms. The van der Waals surface area contributed by atoms with E-state index in [1.165, 1.54) is 11.0 Å². The fourth-order valence-electron chi connectivity index (χ4n) is 4.17. The van der Waals surface area contributed by atoms with Crippen LogP contribution in [-0.2, 0) is 0 Å². The van der Waals surface area contributed by atoms with E-state index >= 15 is 0 Å². The third kappa shape index (κ3) is 3.02. The molecule has 156 valence electrons. The highest BCUT2D eigenvalue weighted by Gasteiger charge is 2.42. The van der Waals surface area contributed by atoms with E-state index < -0.39 is 11.9 Å². The fraction of sp³-hybridized carbons (Fsp3) is 0.304. The van der Waals surface area contributed by atoms with Crippen molar-refractivity contribution in [3.8, 4) is 11.5 Å². The van der Waals surface area contributed by atoms with Gasteiger partial charge in [0.1, 0.15) is 5.58 Å². The van der Waals surface area contributed by atoms with Crippen LogP contribution in [-0.4, -0.2) is 40.8 Å². The maximum absolute atomic E-state index is 13.5. The van der Waals surface area contributed by atoms with Crippen LogP contribution in [0.4, 0.5) is 0 Å². The highest BCUT2D eigenvalue weighted by Crippen LogP contribution is 2.40. The minimum absolute atomic E-state index is 0.0121. The molecular weight excluding hydrogens is 386 g/mol. The summed E-state index contributed by atoms with van der Waals surface area (Å²) in [5.74, 6) is -0.234. The third-order valence-corrected chi connectivity index (χ3v) is 5.35. The van der Waals surface area contributed by atoms with Gasteiger partial charge in [-0.15, -0.1) is 0 Å². The first kappa shape index (κ1) is 20.0. The number of benzene rings is 2. The molecule has 2 N–H and O–H groups in total. The number of aromatic hydroxyl groups is 1. The summed E-state index contributed by atoms with van der Waals surface area (Å²) in [5, 5.41) is 20.0. The van der Waals surface area contributed by atoms with E-state index in [2.05, 4.69) is 0 Å². The lowest BCUT2D eigenvalue weighted by atomic mass is 9.96. The number of carbonyl (C=O) groups is 1. The van der Waals surface area contributed by atoms with Crippen LogP contribution in [0.15, 0.2) is 39.5 Å². The Kier molecular flexibility index (Phi) is 4.99. The Morgan fingerprint density at radius 3 is 2.63 bits per heavy atom. The average Bonchev–Trinajstić information content (AvgIpc) is 2.96. The average molecular weight is 409 g/mol. The number of fused-ring (bicyclic) bond motifs is 2. The molecule has 3 aromatic rings. The van der Waals surface area contributed by atoms with Gasteiger partial charge in [0.05, 0.1) is 30.2 Å². The predicted octanol–water partition coefficient (Wildman–Crippen LogP) is 3.05. The first-order chi connectivity index (χ1) is 14.4. The number of phenolic OH excluding ortho intramolecular Hbond substituents is 1. The number of aryl methyl sites for hydroxylation is 2. The van der Waals surface area contributed by atoms with Gasteiger partial charge in [-0.2, -0.15) is 0 Å². The summed E-state index contributed by atoms with van der Waals surface area (Å²) in [6, 6.07) is 7.62. The Morgan fingerprint density at radius 1 is 1.17 bits per heavy atom. The van der Waals surface area contributed by atoms with E-state index in [4.69, 9.17) is 9.15 Å². The van der Waals surface area contributed by atoms with Crippen LogP contribution >= 0.6 is 0 Å². The summed E-state index contributed by atoms with van der Waals surface area (Å²) >= 11 is 0. The van der Waals surface area contributed by atoms with Gasteiger partial charge in [-0.25, -0.2) is 0 Å². The zero-order valence-corrected chi connectivity index (χ0v) is 17.1. The standard InChI is InChI=1S/C23H23NO6/c1-4-29-16-11-14(5-6-15(16)26)20-19-21(27)18-13(3)9-12(2)10-17(18)30-22(19)23(28)24(20)7-8-25/h5-6,9-11,20,25-26H,4,7-8H2,1-3H3/t20-/m1/s1. The summed E-state index contributed by atoms with van der Waals surface area (Å²) in [7, 11) is 0. The largest absolute Gasteiger partial charge is 0.504 e. The molecule has 2 heterocycles. The second-order valence-corrected chi connectivity index (χ2v) is 7.41. The number of amides is 1. The summed E-state index contributed by atoms with van der Waals surface area (Å²) < 4.78 is 11.4. The summed E-state index contributed by atoms with van der Waals surface area (Å²) in [4.78, 5) is 28.1. The van der Waals surface area contributed by atoms with Crippen molar-refractivity contribution in [3.05, 3.63) is 68.6 Å². The molecule has 0 bridgehead atoms. The van der Waals surface area contributed by atoms with E-state index in [-0.39, 0.29) is 41.4 Å². The highest BCUT2D eigenvalue weighted by atomic mass is 16.5. The molecule has 0 unspecified atom stereocenters. The molecule has 1 amide bonds. The molecule has 0 spiro atoms. The van der Waals surface area contributed by atoms with Crippen molar-refractivity contribution in [2.45, 2.75) is 26.8 Å². The number of rotatable bonds is 5. The predicted molar refractivity (Wildman–Crippen MR) is 111 cm³/mol. The van der Waals surface area contributed by atoms with E-state index in [0.29, 0.717) is 23.1 Å². The number of phenols is 1. The molecule has 2 aromatic carbocycles. The molecule has 0 aliphatic carbocycles. The van der Waals surface area contributed by atoms with Crippen molar-refractivity contribution >= 4 is 16.9 Å². The van der Waals surface area contributed by atoms with E-state index in [0.717, 1.165) is 11.1 Å². The number of β-amino-alcohol motifs (C(OH)–C–C–N with tert-alkyl or cyclic N) is 1. The molecule has 0 fully saturated rings. The molecule has 1 aliphatic rings. The number of nitrogens with zero attached hydrogens (tertiary/aromatic N) is 1. The Morgan fingerprint density at radius 2 is 1.93 bits per heavy atom. The smallest absolute Gasteiger partial charge is 0.290 e. The SMILES string of the molecule is CCOc1cc([C@@H]2c3c(oc4cc(C)cc(C)c4c3=O)C(=O)N2CCO)ccc1O. The van der Waals surface area contributed by atoms with Crippen LogP contribution in [0.5, 0.6) is 11.5 Å². The van der Waals surface area contributed by atoms with E-state index in [1.807, 2.05) is 19.9 Å². The first-order valence-electron chi connectivity index (χ1n) is 9.82. The van der Waals surface area contributed by atoms with Crippen LogP contribution in [0.1, 0.15) is 45.8 Å². The Balaban J connectivity index is 2.00. The molecule has 7 nitrogen and oxygen atoms in total. The number of ether oxygens (including phenoxy) is 1. The summed E-state index contributed by atoms with van der Waals surface area (Å²) in [6.45, 7) is 5.65. The van der Waals surface area contributed by atoms with Crippen LogP contribution in [0, 0.1) is 13.8 Å². The van der Waals surface area contributed by atoms with Gasteiger partial charge in [-0.05, 0) is 55.7 Å². The van der Waals surface area contributed by atoms with Gasteiger partial charge in [-0.3, -0.25) is 9.59 Å². The van der Waals surface area contributed by atoms with Gasteiger partial charge in [0.2, 0.25) is 5.76 Å². The van der Waals surface area contributed by atoms with Crippen molar-refractivity contribution in [2.75, 3.05) is 19.8 Å². The zero-order valence-electron chi connectivity index (χ0n) is 17.1. The lowest BCUT2D eigenvalue weighted by Gasteiger charge is -2.24. The number of hydrogen-bond donors (Lipinski definition) is 2. The van der Waals surface area contributed by atoms with Crippen molar-refractivity contribution in [1.29, 1.82) is 0 Å². The van der Waals surface area contributed by atoms with Gasteiger partial charge in [0.25, 0.3) is 5.91 Å². The van der Waals surface area contributed by atoms with Gasteiger partial charge in [0, 0.05) is 6.54 Å². The van der Waals surface area contributed by atoms with E-state index in [9.17, 15) is 19.8 Å². The number of carbonyl (C=O) groups excluding carboxylic acids is 1. The van der Waals surface area contributed by atoms with Gasteiger partial charge in [-0.1, -0.05) is 12.1 Å². The minimum Gasteiger partial charge on any atom is -0.504 e. The van der Waals surface area contributed by atoms with Crippen LogP contribution in [0.25, 0.3) is 11.0 Å². The van der Waals surface area contributed by atoms with Gasteiger partial charge >= 0.3 is 0 Å². The molecule has 0 saturated heterocycles. The Hall–Kier alpha value is -3.32. The second kappa shape index (κ2) is 7.50. The van der Waals surface area contributed by atoms with Crippen LogP contribution in [0.2, 0.25) is 0 Å². The molecule has 0 saturated carbocycles. The highest BCUT2D eigenvalue weighted by molar-refractivity contribution is 5.99. The van der Waals surface area contributed by atoms with Crippen LogP contribution < -0.4 is 10.2 Å². The maximum Gasteiger partial charge on any atom is 0.290 e. The number of aliphatic hydroxyl groups is 1. The summed E-state index contributed by atoms with van der Waals surface area (Å²) in [6.07, 6.45) is 0. The monoisotopic (exact) mass is 409 g/mol. The van der Waals surface area contributed by atoms with E-state index in [1.54, 1.807) is 25.1 Å². The minimum atomic E-state index is -0.749. The van der Waals surface area contributed by atoms with Gasteiger partial charge in [0.15, 0.2) is 16.9 Å². The lowest BCUT2D eigenvalue weighted by molar-refractivity contribution is 0.0691. The maximum atomic E-state index is 13.5. The Bertz CT molecular complexity index is 1210. The fourth-order valence-corrected chi connectivity index (χ4v) is 4.17.